The maximum atomic E-state index is 13.3. The Morgan fingerprint density at radius 3 is 2.71 bits per heavy atom. The first-order chi connectivity index (χ1) is 8.10. The van der Waals surface area contributed by atoms with E-state index in [1.807, 2.05) is 6.92 Å². The molecule has 1 amide bonds. The van der Waals surface area contributed by atoms with Gasteiger partial charge in [0.1, 0.15) is 5.82 Å². The van der Waals surface area contributed by atoms with Gasteiger partial charge in [0.15, 0.2) is 0 Å². The highest BCUT2D eigenvalue weighted by Gasteiger charge is 2.10. The zero-order valence-electron chi connectivity index (χ0n) is 10.2. The molecule has 4 nitrogen and oxygen atoms in total. The highest BCUT2D eigenvalue weighted by atomic mass is 19.1. The third-order valence-electron chi connectivity index (χ3n) is 2.54. The highest BCUT2D eigenvalue weighted by Crippen LogP contribution is 2.18. The van der Waals surface area contributed by atoms with Gasteiger partial charge in [0.25, 0.3) is 0 Å². The van der Waals surface area contributed by atoms with Crippen molar-refractivity contribution >= 4 is 11.6 Å². The highest BCUT2D eigenvalue weighted by molar-refractivity contribution is 5.81. The smallest absolute Gasteiger partial charge is 0.239 e. The molecule has 1 rings (SSSR count). The molecule has 1 aromatic carbocycles. The van der Waals surface area contributed by atoms with E-state index in [4.69, 9.17) is 5.73 Å². The van der Waals surface area contributed by atoms with Crippen LogP contribution in [-0.4, -0.2) is 26.0 Å². The lowest BCUT2D eigenvalue weighted by atomic mass is 10.1. The molecule has 0 spiro atoms. The summed E-state index contributed by atoms with van der Waals surface area (Å²) >= 11 is 0. The van der Waals surface area contributed by atoms with Gasteiger partial charge < -0.3 is 16.0 Å². The molecule has 0 fully saturated rings. The summed E-state index contributed by atoms with van der Waals surface area (Å²) in [4.78, 5) is 13.1. The predicted molar refractivity (Wildman–Crippen MR) is 66.2 cm³/mol. The average molecular weight is 239 g/mol. The molecular weight excluding hydrogens is 221 g/mol. The van der Waals surface area contributed by atoms with E-state index in [0.717, 1.165) is 5.56 Å². The molecular formula is C12H18FN3O. The minimum Gasteiger partial charge on any atom is -0.362 e. The summed E-state index contributed by atoms with van der Waals surface area (Å²) in [6.45, 7) is 3.03. The van der Waals surface area contributed by atoms with E-state index in [1.54, 1.807) is 18.0 Å². The third-order valence-corrected chi connectivity index (χ3v) is 2.54. The van der Waals surface area contributed by atoms with Gasteiger partial charge in [0, 0.05) is 25.8 Å². The standard InChI is InChI=1S/C12H18FN3O/c1-3-16(8-12(17)15-2)11-5-9(7-14)4-10(13)6-11/h4-6H,3,7-8,14H2,1-2H3,(H,15,17). The molecule has 94 valence electrons. The van der Waals surface area contributed by atoms with Crippen LogP contribution in [0, 0.1) is 5.82 Å². The molecule has 0 heterocycles. The average Bonchev–Trinajstić information content (AvgIpc) is 2.34. The maximum Gasteiger partial charge on any atom is 0.239 e. The first-order valence-corrected chi connectivity index (χ1v) is 5.55. The van der Waals surface area contributed by atoms with Crippen LogP contribution in [0.15, 0.2) is 18.2 Å². The van der Waals surface area contributed by atoms with Crippen molar-refractivity contribution in [1.82, 2.24) is 5.32 Å². The van der Waals surface area contributed by atoms with E-state index in [9.17, 15) is 9.18 Å². The summed E-state index contributed by atoms with van der Waals surface area (Å²) in [5.74, 6) is -0.441. The first kappa shape index (κ1) is 13.4. The fourth-order valence-corrected chi connectivity index (χ4v) is 1.57. The summed E-state index contributed by atoms with van der Waals surface area (Å²) in [6.07, 6.45) is 0. The monoisotopic (exact) mass is 239 g/mol. The number of carbonyl (C=O) groups excluding carboxylic acids is 1. The number of likely N-dealkylation sites (N-methyl/N-ethyl adjacent to an activating group) is 2. The number of hydrogen-bond donors (Lipinski definition) is 2. The SMILES string of the molecule is CCN(CC(=O)NC)c1cc(F)cc(CN)c1. The third kappa shape index (κ3) is 3.71. The summed E-state index contributed by atoms with van der Waals surface area (Å²) in [5.41, 5.74) is 6.89. The van der Waals surface area contributed by atoms with Crippen LogP contribution in [0.4, 0.5) is 10.1 Å². The lowest BCUT2D eigenvalue weighted by Crippen LogP contribution is -2.35. The van der Waals surface area contributed by atoms with Crippen LogP contribution in [-0.2, 0) is 11.3 Å². The molecule has 0 aromatic heterocycles. The molecule has 5 heteroatoms. The van der Waals surface area contributed by atoms with Crippen molar-refractivity contribution in [2.45, 2.75) is 13.5 Å². The molecule has 0 unspecified atom stereocenters. The van der Waals surface area contributed by atoms with Crippen LogP contribution in [0.2, 0.25) is 0 Å². The molecule has 3 N–H and O–H groups in total. The zero-order valence-corrected chi connectivity index (χ0v) is 10.2. The fourth-order valence-electron chi connectivity index (χ4n) is 1.57. The van der Waals surface area contributed by atoms with E-state index in [2.05, 4.69) is 5.32 Å². The Morgan fingerprint density at radius 2 is 2.18 bits per heavy atom. The topological polar surface area (TPSA) is 58.4 Å². The van der Waals surface area contributed by atoms with Crippen LogP contribution in [0.5, 0.6) is 0 Å². The van der Waals surface area contributed by atoms with Gasteiger partial charge in [-0.15, -0.1) is 0 Å². The van der Waals surface area contributed by atoms with Gasteiger partial charge in [0.05, 0.1) is 6.54 Å². The van der Waals surface area contributed by atoms with Crippen molar-refractivity contribution in [2.24, 2.45) is 5.73 Å². The van der Waals surface area contributed by atoms with Crippen LogP contribution in [0.3, 0.4) is 0 Å². The number of nitrogens with two attached hydrogens (primary N) is 1. The maximum absolute atomic E-state index is 13.3. The van der Waals surface area contributed by atoms with E-state index in [0.29, 0.717) is 12.2 Å². The number of anilines is 1. The number of benzene rings is 1. The quantitative estimate of drug-likeness (QED) is 0.801. The first-order valence-electron chi connectivity index (χ1n) is 5.55. The Balaban J connectivity index is 2.94. The lowest BCUT2D eigenvalue weighted by molar-refractivity contribution is -0.119. The molecule has 17 heavy (non-hydrogen) atoms. The van der Waals surface area contributed by atoms with E-state index >= 15 is 0 Å². The Kier molecular flexibility index (Phi) is 4.90. The van der Waals surface area contributed by atoms with Crippen molar-refractivity contribution in [3.8, 4) is 0 Å². The van der Waals surface area contributed by atoms with Gasteiger partial charge in [-0.1, -0.05) is 0 Å². The molecule has 1 aromatic rings. The van der Waals surface area contributed by atoms with E-state index in [-0.39, 0.29) is 24.8 Å². The van der Waals surface area contributed by atoms with Crippen LogP contribution in [0.1, 0.15) is 12.5 Å². The second kappa shape index (κ2) is 6.20. The fraction of sp³-hybridized carbons (Fsp3) is 0.417. The summed E-state index contributed by atoms with van der Waals surface area (Å²) in [5, 5.41) is 2.54. The molecule has 0 aliphatic rings. The summed E-state index contributed by atoms with van der Waals surface area (Å²) in [6, 6.07) is 4.61. The van der Waals surface area contributed by atoms with Crippen LogP contribution < -0.4 is 16.0 Å². The Morgan fingerprint density at radius 1 is 1.47 bits per heavy atom. The number of carbonyl (C=O) groups is 1. The van der Waals surface area contributed by atoms with Gasteiger partial charge in [-0.25, -0.2) is 4.39 Å². The molecule has 0 aliphatic carbocycles. The number of hydrogen-bond acceptors (Lipinski definition) is 3. The van der Waals surface area contributed by atoms with E-state index < -0.39 is 0 Å². The Hall–Kier alpha value is -1.62. The van der Waals surface area contributed by atoms with Crippen LogP contribution >= 0.6 is 0 Å². The molecule has 0 saturated carbocycles. The second-order valence-electron chi connectivity index (χ2n) is 3.71. The zero-order chi connectivity index (χ0) is 12.8. The van der Waals surface area contributed by atoms with E-state index in [1.165, 1.54) is 12.1 Å². The van der Waals surface area contributed by atoms with Gasteiger partial charge in [-0.2, -0.15) is 0 Å². The summed E-state index contributed by atoms with van der Waals surface area (Å²) in [7, 11) is 1.58. The number of rotatable bonds is 5. The lowest BCUT2D eigenvalue weighted by Gasteiger charge is -2.22. The van der Waals surface area contributed by atoms with Crippen molar-refractivity contribution < 1.29 is 9.18 Å². The minimum atomic E-state index is -0.335. The molecule has 0 saturated heterocycles. The largest absolute Gasteiger partial charge is 0.362 e. The minimum absolute atomic E-state index is 0.106. The second-order valence-corrected chi connectivity index (χ2v) is 3.71. The van der Waals surface area contributed by atoms with Crippen molar-refractivity contribution in [2.75, 3.05) is 25.0 Å². The Bertz CT molecular complexity index is 395. The van der Waals surface area contributed by atoms with Crippen molar-refractivity contribution in [3.05, 3.63) is 29.6 Å². The van der Waals surface area contributed by atoms with Gasteiger partial charge in [-0.3, -0.25) is 4.79 Å². The number of halogens is 1. The van der Waals surface area contributed by atoms with Crippen molar-refractivity contribution in [3.63, 3.8) is 0 Å². The molecule has 0 atom stereocenters. The van der Waals surface area contributed by atoms with Crippen LogP contribution in [0.25, 0.3) is 0 Å². The predicted octanol–water partition coefficient (Wildman–Crippen LogP) is 0.857. The molecule has 0 radical (unpaired) electrons. The van der Waals surface area contributed by atoms with Gasteiger partial charge >= 0.3 is 0 Å². The molecule has 0 aliphatic heterocycles. The Labute approximate surface area is 101 Å². The van der Waals surface area contributed by atoms with Gasteiger partial charge in [0.2, 0.25) is 5.91 Å². The molecule has 0 bridgehead atoms. The number of nitrogens with one attached hydrogen (secondary N) is 1. The normalized spacial score (nSPS) is 10.1. The number of amides is 1. The summed E-state index contributed by atoms with van der Waals surface area (Å²) < 4.78 is 13.3. The van der Waals surface area contributed by atoms with Crippen molar-refractivity contribution in [1.29, 1.82) is 0 Å². The van der Waals surface area contributed by atoms with Gasteiger partial charge in [-0.05, 0) is 30.7 Å². The number of nitrogens with zero attached hydrogens (tertiary/aromatic N) is 1.